The third-order valence-electron chi connectivity index (χ3n) is 7.68. The molecule has 3 atom stereocenters. The number of nitrogens with one attached hydrogen (secondary N) is 1. The third kappa shape index (κ3) is 4.57. The summed E-state index contributed by atoms with van der Waals surface area (Å²) in [5.41, 5.74) is 2.67. The van der Waals surface area contributed by atoms with Crippen molar-refractivity contribution < 1.29 is 4.79 Å². The minimum atomic E-state index is -0.0917. The smallest absolute Gasteiger partial charge is 0.320 e. The molecule has 2 saturated carbocycles. The molecule has 2 aromatic rings. The number of carbonyl (C=O) groups excluding carboxylic acids is 1. The first kappa shape index (κ1) is 22.5. The number of urea groups is 1. The van der Waals surface area contributed by atoms with Crippen LogP contribution in [0.2, 0.25) is 10.0 Å². The summed E-state index contributed by atoms with van der Waals surface area (Å²) in [5.74, 6) is 0.429. The molecule has 0 spiro atoms. The van der Waals surface area contributed by atoms with Gasteiger partial charge in [0.15, 0.2) is 0 Å². The highest BCUT2D eigenvalue weighted by Crippen LogP contribution is 2.65. The molecule has 2 aromatic carbocycles. The number of anilines is 1. The van der Waals surface area contributed by atoms with E-state index in [2.05, 4.69) is 22.4 Å². The van der Waals surface area contributed by atoms with Gasteiger partial charge in [0.05, 0.1) is 11.6 Å². The molecule has 172 valence electrons. The van der Waals surface area contributed by atoms with E-state index < -0.39 is 0 Å². The zero-order valence-corrected chi connectivity index (χ0v) is 20.1. The van der Waals surface area contributed by atoms with Crippen LogP contribution in [0.15, 0.2) is 42.5 Å². The highest BCUT2D eigenvalue weighted by atomic mass is 35.5. The predicted molar refractivity (Wildman–Crippen MR) is 132 cm³/mol. The van der Waals surface area contributed by atoms with Gasteiger partial charge >= 0.3 is 6.03 Å². The number of carbonyl (C=O) groups is 1. The van der Waals surface area contributed by atoms with Gasteiger partial charge in [0.2, 0.25) is 0 Å². The van der Waals surface area contributed by atoms with Gasteiger partial charge in [-0.25, -0.2) is 4.79 Å². The normalized spacial score (nSPS) is 26.0. The Morgan fingerprint density at radius 1 is 1.18 bits per heavy atom. The van der Waals surface area contributed by atoms with E-state index in [1.807, 2.05) is 23.1 Å². The van der Waals surface area contributed by atoms with Gasteiger partial charge in [-0.1, -0.05) is 35.3 Å². The van der Waals surface area contributed by atoms with Crippen LogP contribution < -0.4 is 5.32 Å². The van der Waals surface area contributed by atoms with Crippen molar-refractivity contribution in [2.75, 3.05) is 31.5 Å². The molecule has 1 saturated heterocycles. The fourth-order valence-corrected chi connectivity index (χ4v) is 6.50. The summed E-state index contributed by atoms with van der Waals surface area (Å²) < 4.78 is 0. The van der Waals surface area contributed by atoms with Crippen molar-refractivity contribution in [3.63, 3.8) is 0 Å². The average Bonchev–Trinajstić information content (AvgIpc) is 3.12. The van der Waals surface area contributed by atoms with E-state index in [4.69, 9.17) is 23.2 Å². The molecule has 3 fully saturated rings. The number of rotatable bonds is 6. The summed E-state index contributed by atoms with van der Waals surface area (Å²) in [6.45, 7) is 3.82. The molecule has 7 heteroatoms. The van der Waals surface area contributed by atoms with E-state index in [9.17, 15) is 10.1 Å². The summed E-state index contributed by atoms with van der Waals surface area (Å²) in [4.78, 5) is 18.0. The molecule has 0 bridgehead atoms. The number of fused-ring (bicyclic) bond motifs is 1. The number of benzene rings is 2. The molecule has 0 unspecified atom stereocenters. The van der Waals surface area contributed by atoms with Crippen LogP contribution in [-0.4, -0.2) is 48.1 Å². The van der Waals surface area contributed by atoms with E-state index in [1.165, 1.54) is 18.4 Å². The topological polar surface area (TPSA) is 59.4 Å². The first-order chi connectivity index (χ1) is 16.0. The van der Waals surface area contributed by atoms with Crippen LogP contribution in [0, 0.1) is 17.2 Å². The van der Waals surface area contributed by atoms with Gasteiger partial charge in [-0.05, 0) is 87.0 Å². The van der Waals surface area contributed by atoms with E-state index >= 15 is 0 Å². The molecule has 33 heavy (non-hydrogen) atoms. The maximum atomic E-state index is 13.5. The Morgan fingerprint density at radius 2 is 1.94 bits per heavy atom. The molecular weight excluding hydrogens is 455 g/mol. The Hall–Kier alpha value is -2.26. The second kappa shape index (κ2) is 9.18. The van der Waals surface area contributed by atoms with Gasteiger partial charge < -0.3 is 15.1 Å². The van der Waals surface area contributed by atoms with Crippen LogP contribution in [0.5, 0.6) is 0 Å². The van der Waals surface area contributed by atoms with Gasteiger partial charge in [0.25, 0.3) is 0 Å². The van der Waals surface area contributed by atoms with E-state index in [0.29, 0.717) is 33.8 Å². The summed E-state index contributed by atoms with van der Waals surface area (Å²) in [6.07, 6.45) is 5.57. The van der Waals surface area contributed by atoms with Crippen molar-refractivity contribution in [2.45, 2.75) is 43.6 Å². The largest absolute Gasteiger partial charge is 0.322 e. The lowest BCUT2D eigenvalue weighted by molar-refractivity contribution is 0.168. The second-order valence-electron chi connectivity index (χ2n) is 9.60. The maximum Gasteiger partial charge on any atom is 0.322 e. The lowest BCUT2D eigenvalue weighted by Gasteiger charge is -2.32. The molecule has 1 aliphatic heterocycles. The minimum absolute atomic E-state index is 0.0917. The highest BCUT2D eigenvalue weighted by Gasteiger charge is 2.64. The van der Waals surface area contributed by atoms with E-state index in [1.54, 1.807) is 18.2 Å². The highest BCUT2D eigenvalue weighted by molar-refractivity contribution is 6.35. The molecule has 1 N–H and O–H groups in total. The van der Waals surface area contributed by atoms with Crippen molar-refractivity contribution in [2.24, 2.45) is 5.92 Å². The first-order valence-electron chi connectivity index (χ1n) is 11.8. The van der Waals surface area contributed by atoms with Gasteiger partial charge in [-0.15, -0.1) is 0 Å². The predicted octanol–water partition coefficient (Wildman–Crippen LogP) is 5.92. The molecule has 5 nitrogen and oxygen atoms in total. The molecule has 3 aliphatic rings. The van der Waals surface area contributed by atoms with Crippen molar-refractivity contribution in [3.05, 3.63) is 63.6 Å². The summed E-state index contributed by atoms with van der Waals surface area (Å²) >= 11 is 12.3. The minimum Gasteiger partial charge on any atom is -0.320 e. The Morgan fingerprint density at radius 3 is 2.64 bits per heavy atom. The number of halogens is 2. The van der Waals surface area contributed by atoms with E-state index in [0.717, 1.165) is 38.9 Å². The molecule has 1 heterocycles. The zero-order valence-electron chi connectivity index (χ0n) is 18.6. The number of amides is 2. The summed E-state index contributed by atoms with van der Waals surface area (Å²) in [5, 5.41) is 13.4. The van der Waals surface area contributed by atoms with Crippen LogP contribution in [0.4, 0.5) is 10.5 Å². The Bertz CT molecular complexity index is 1070. The third-order valence-corrected chi connectivity index (χ3v) is 8.12. The van der Waals surface area contributed by atoms with Gasteiger partial charge in [0.1, 0.15) is 0 Å². The summed E-state index contributed by atoms with van der Waals surface area (Å²) in [6, 6.07) is 15.5. The second-order valence-corrected chi connectivity index (χ2v) is 10.5. The summed E-state index contributed by atoms with van der Waals surface area (Å²) in [7, 11) is 0. The number of nitriles is 1. The lowest BCUT2D eigenvalue weighted by Crippen LogP contribution is -2.46. The zero-order chi connectivity index (χ0) is 23.0. The lowest BCUT2D eigenvalue weighted by atomic mass is 9.92. The molecule has 5 rings (SSSR count). The van der Waals surface area contributed by atoms with Crippen molar-refractivity contribution >= 4 is 34.9 Å². The van der Waals surface area contributed by atoms with Crippen LogP contribution in [0.25, 0.3) is 0 Å². The maximum absolute atomic E-state index is 13.5. The van der Waals surface area contributed by atoms with Crippen LogP contribution in [0.1, 0.15) is 43.2 Å². The average molecular weight is 483 g/mol. The molecule has 2 aliphatic carbocycles. The Balaban J connectivity index is 1.35. The number of hydrogen-bond donors (Lipinski definition) is 1. The fraction of sp³-hybridized carbons (Fsp3) is 0.462. The standard InChI is InChI=1S/C26H28Cl2N4O/c27-20-13-21(28)15-22(14-20)30-25(33)32(11-10-31-8-1-2-9-31)24-6-7-26(16-23(24)26)19-5-3-4-18(12-19)17-29/h3-5,12-15,23-24H,1-2,6-11,16H2,(H,30,33)/t23-,24-,26-/m1/s1. The van der Waals surface area contributed by atoms with Crippen LogP contribution in [-0.2, 0) is 5.41 Å². The Labute approximate surface area is 205 Å². The first-order valence-corrected chi connectivity index (χ1v) is 12.5. The van der Waals surface area contributed by atoms with Crippen molar-refractivity contribution in [1.82, 2.24) is 9.80 Å². The van der Waals surface area contributed by atoms with Gasteiger partial charge in [-0.3, -0.25) is 0 Å². The monoisotopic (exact) mass is 482 g/mol. The van der Waals surface area contributed by atoms with Gasteiger partial charge in [-0.2, -0.15) is 5.26 Å². The quantitative estimate of drug-likeness (QED) is 0.555. The fourth-order valence-electron chi connectivity index (χ4n) is 5.97. The van der Waals surface area contributed by atoms with Crippen LogP contribution in [0.3, 0.4) is 0 Å². The molecule has 0 radical (unpaired) electrons. The number of likely N-dealkylation sites (tertiary alicyclic amines) is 1. The van der Waals surface area contributed by atoms with Crippen molar-refractivity contribution in [3.8, 4) is 6.07 Å². The molecule has 0 aromatic heterocycles. The van der Waals surface area contributed by atoms with Crippen molar-refractivity contribution in [1.29, 1.82) is 5.26 Å². The molecular formula is C26H28Cl2N4O. The number of hydrogen-bond acceptors (Lipinski definition) is 3. The van der Waals surface area contributed by atoms with Crippen LogP contribution >= 0.6 is 23.2 Å². The molecule has 2 amide bonds. The SMILES string of the molecule is N#Cc1cccc([C@]23CC[C@@H](N(CCN4CCCC4)C(=O)Nc4cc(Cl)cc(Cl)c4)[C@H]2C3)c1. The van der Waals surface area contributed by atoms with E-state index in [-0.39, 0.29) is 17.5 Å². The number of nitrogens with zero attached hydrogens (tertiary/aromatic N) is 3. The Kier molecular flexibility index (Phi) is 6.26. The van der Waals surface area contributed by atoms with Gasteiger partial charge in [0, 0.05) is 40.3 Å².